The fourth-order valence-electron chi connectivity index (χ4n) is 1.40. The minimum Gasteiger partial charge on any atom is -0.303 e. The summed E-state index contributed by atoms with van der Waals surface area (Å²) in [6.07, 6.45) is 2.23. The summed E-state index contributed by atoms with van der Waals surface area (Å²) in [5.41, 5.74) is 0. The molecular weight excluding hydrogens is 191 g/mol. The Morgan fingerprint density at radius 2 is 1.92 bits per heavy atom. The first-order valence-electron chi connectivity index (χ1n) is 4.64. The summed E-state index contributed by atoms with van der Waals surface area (Å²) in [6.45, 7) is 5.86. The Kier molecular flexibility index (Phi) is 5.81. The second-order valence-corrected chi connectivity index (χ2v) is 4.50. The van der Waals surface area contributed by atoms with E-state index in [9.17, 15) is 4.57 Å². The Morgan fingerprint density at radius 1 is 1.38 bits per heavy atom. The van der Waals surface area contributed by atoms with E-state index in [4.69, 9.17) is 9.79 Å². The summed E-state index contributed by atoms with van der Waals surface area (Å²) >= 11 is 0. The fourth-order valence-corrected chi connectivity index (χ4v) is 2.11. The van der Waals surface area contributed by atoms with Gasteiger partial charge in [0.15, 0.2) is 0 Å². The molecule has 0 aliphatic carbocycles. The molecule has 0 aliphatic heterocycles. The van der Waals surface area contributed by atoms with E-state index < -0.39 is 7.82 Å². The quantitative estimate of drug-likeness (QED) is 0.660. The van der Waals surface area contributed by atoms with Crippen LogP contribution >= 0.6 is 7.82 Å². The van der Waals surface area contributed by atoms with Gasteiger partial charge < -0.3 is 9.79 Å². The lowest BCUT2D eigenvalue weighted by molar-refractivity contribution is 0.0874. The highest BCUT2D eigenvalue weighted by atomic mass is 31.2. The average Bonchev–Trinajstić information content (AvgIpc) is 1.99. The van der Waals surface area contributed by atoms with Crippen molar-refractivity contribution in [3.05, 3.63) is 0 Å². The third-order valence-corrected chi connectivity index (χ3v) is 2.60. The van der Waals surface area contributed by atoms with Crippen molar-refractivity contribution in [1.29, 1.82) is 0 Å². The topological polar surface area (TPSA) is 66.8 Å². The number of hydrogen-bond donors (Lipinski definition) is 2. The highest BCUT2D eigenvalue weighted by Crippen LogP contribution is 2.40. The second kappa shape index (κ2) is 5.76. The van der Waals surface area contributed by atoms with Crippen LogP contribution in [0, 0.1) is 5.92 Å². The van der Waals surface area contributed by atoms with E-state index in [1.165, 1.54) is 0 Å². The molecule has 0 bridgehead atoms. The summed E-state index contributed by atoms with van der Waals surface area (Å²) in [5, 5.41) is 0. The standard InChI is InChI=1S/C8H19O4P/c1-4-6-7(3)8(5-2)12-13(9,10)11/h7-8H,4-6H2,1-3H3,(H2,9,10,11). The summed E-state index contributed by atoms with van der Waals surface area (Å²) in [6, 6.07) is 0. The largest absolute Gasteiger partial charge is 0.469 e. The lowest BCUT2D eigenvalue weighted by atomic mass is 9.98. The van der Waals surface area contributed by atoms with E-state index in [1.54, 1.807) is 0 Å². The van der Waals surface area contributed by atoms with E-state index in [1.807, 2.05) is 20.8 Å². The molecule has 13 heavy (non-hydrogen) atoms. The zero-order valence-corrected chi connectivity index (χ0v) is 9.33. The molecule has 0 aromatic heterocycles. The van der Waals surface area contributed by atoms with Crippen molar-refractivity contribution in [1.82, 2.24) is 0 Å². The van der Waals surface area contributed by atoms with Crippen LogP contribution in [0.4, 0.5) is 0 Å². The second-order valence-electron chi connectivity index (χ2n) is 3.31. The molecule has 2 unspecified atom stereocenters. The van der Waals surface area contributed by atoms with Gasteiger partial charge in [0, 0.05) is 0 Å². The van der Waals surface area contributed by atoms with Crippen LogP contribution in [0.15, 0.2) is 0 Å². The monoisotopic (exact) mass is 210 g/mol. The minimum absolute atomic E-state index is 0.197. The van der Waals surface area contributed by atoms with Gasteiger partial charge in [-0.3, -0.25) is 4.52 Å². The van der Waals surface area contributed by atoms with Crippen molar-refractivity contribution >= 4 is 7.82 Å². The third kappa shape index (κ3) is 6.22. The highest BCUT2D eigenvalue weighted by Gasteiger charge is 2.24. The molecule has 80 valence electrons. The molecule has 0 amide bonds. The van der Waals surface area contributed by atoms with Crippen LogP contribution in [-0.4, -0.2) is 15.9 Å². The Balaban J connectivity index is 4.09. The molecule has 4 nitrogen and oxygen atoms in total. The van der Waals surface area contributed by atoms with Gasteiger partial charge >= 0.3 is 7.82 Å². The summed E-state index contributed by atoms with van der Waals surface area (Å²) < 4.78 is 15.2. The van der Waals surface area contributed by atoms with E-state index in [0.29, 0.717) is 6.42 Å². The van der Waals surface area contributed by atoms with Crippen LogP contribution in [0.2, 0.25) is 0 Å². The molecule has 0 saturated carbocycles. The third-order valence-electron chi connectivity index (χ3n) is 2.05. The Labute approximate surface area is 79.5 Å². The molecule has 0 rings (SSSR count). The summed E-state index contributed by atoms with van der Waals surface area (Å²) in [5.74, 6) is 0.197. The molecular formula is C8H19O4P. The van der Waals surface area contributed by atoms with E-state index >= 15 is 0 Å². The average molecular weight is 210 g/mol. The van der Waals surface area contributed by atoms with Gasteiger partial charge in [-0.25, -0.2) is 4.57 Å². The van der Waals surface area contributed by atoms with Crippen molar-refractivity contribution in [2.45, 2.75) is 46.1 Å². The smallest absolute Gasteiger partial charge is 0.303 e. The number of hydrogen-bond acceptors (Lipinski definition) is 2. The fraction of sp³-hybridized carbons (Fsp3) is 1.00. The van der Waals surface area contributed by atoms with Crippen LogP contribution in [0.1, 0.15) is 40.0 Å². The normalized spacial score (nSPS) is 17.0. The highest BCUT2D eigenvalue weighted by molar-refractivity contribution is 7.46. The van der Waals surface area contributed by atoms with Crippen LogP contribution in [0.5, 0.6) is 0 Å². The Bertz CT molecular complexity index is 177. The van der Waals surface area contributed by atoms with Crippen molar-refractivity contribution in [2.24, 2.45) is 5.92 Å². The van der Waals surface area contributed by atoms with Crippen molar-refractivity contribution in [3.63, 3.8) is 0 Å². The summed E-state index contributed by atoms with van der Waals surface area (Å²) in [4.78, 5) is 17.3. The zero-order valence-electron chi connectivity index (χ0n) is 8.43. The van der Waals surface area contributed by atoms with Gasteiger partial charge in [0.2, 0.25) is 0 Å². The van der Waals surface area contributed by atoms with Gasteiger partial charge in [0.05, 0.1) is 6.10 Å². The van der Waals surface area contributed by atoms with Gasteiger partial charge in [0.25, 0.3) is 0 Å². The van der Waals surface area contributed by atoms with Crippen LogP contribution in [-0.2, 0) is 9.09 Å². The van der Waals surface area contributed by atoms with Crippen LogP contribution in [0.25, 0.3) is 0 Å². The maximum Gasteiger partial charge on any atom is 0.469 e. The van der Waals surface area contributed by atoms with E-state index in [-0.39, 0.29) is 12.0 Å². The van der Waals surface area contributed by atoms with Gasteiger partial charge in [-0.05, 0) is 18.8 Å². The van der Waals surface area contributed by atoms with Crippen molar-refractivity contribution in [2.75, 3.05) is 0 Å². The van der Waals surface area contributed by atoms with E-state index in [2.05, 4.69) is 4.52 Å². The number of rotatable bonds is 6. The summed E-state index contributed by atoms with van der Waals surface area (Å²) in [7, 11) is -4.32. The lowest BCUT2D eigenvalue weighted by Gasteiger charge is -2.22. The van der Waals surface area contributed by atoms with Gasteiger partial charge in [0.1, 0.15) is 0 Å². The SMILES string of the molecule is CCCC(C)C(CC)OP(=O)(O)O. The maximum atomic E-state index is 10.6. The van der Waals surface area contributed by atoms with E-state index in [0.717, 1.165) is 12.8 Å². The van der Waals surface area contributed by atoms with Gasteiger partial charge in [-0.15, -0.1) is 0 Å². The molecule has 0 fully saturated rings. The molecule has 0 aromatic rings. The Morgan fingerprint density at radius 3 is 2.23 bits per heavy atom. The molecule has 2 N–H and O–H groups in total. The zero-order chi connectivity index (χ0) is 10.5. The molecule has 5 heteroatoms. The Hall–Kier alpha value is 0.110. The lowest BCUT2D eigenvalue weighted by Crippen LogP contribution is -2.19. The molecule has 0 aliphatic rings. The van der Waals surface area contributed by atoms with Gasteiger partial charge in [-0.2, -0.15) is 0 Å². The first-order valence-corrected chi connectivity index (χ1v) is 6.17. The van der Waals surface area contributed by atoms with Crippen molar-refractivity contribution in [3.8, 4) is 0 Å². The maximum absolute atomic E-state index is 10.6. The predicted octanol–water partition coefficient (Wildman–Crippen LogP) is 2.31. The van der Waals surface area contributed by atoms with Crippen LogP contribution < -0.4 is 0 Å². The molecule has 0 radical (unpaired) electrons. The molecule has 0 saturated heterocycles. The molecule has 0 spiro atoms. The molecule has 2 atom stereocenters. The number of phosphoric acid groups is 1. The number of phosphoric ester groups is 1. The first kappa shape index (κ1) is 13.1. The predicted molar refractivity (Wildman–Crippen MR) is 51.3 cm³/mol. The molecule has 0 heterocycles. The van der Waals surface area contributed by atoms with Crippen molar-refractivity contribution < 1.29 is 18.9 Å². The molecule has 0 aromatic carbocycles. The van der Waals surface area contributed by atoms with Gasteiger partial charge in [-0.1, -0.05) is 27.2 Å². The minimum atomic E-state index is -4.32. The van der Waals surface area contributed by atoms with Crippen LogP contribution in [0.3, 0.4) is 0 Å². The first-order chi connectivity index (χ1) is 5.90.